The molecular weight excluding hydrogens is 218 g/mol. The van der Waals surface area contributed by atoms with Crippen molar-refractivity contribution in [3.8, 4) is 11.8 Å². The molecule has 0 N–H and O–H groups in total. The topological polar surface area (TPSA) is 59.3 Å². The van der Waals surface area contributed by atoms with Gasteiger partial charge in [0.15, 0.2) is 5.60 Å². The summed E-state index contributed by atoms with van der Waals surface area (Å²) < 4.78 is 10.5. The second-order valence-electron chi connectivity index (χ2n) is 4.16. The summed E-state index contributed by atoms with van der Waals surface area (Å²) >= 11 is 0. The highest BCUT2D eigenvalue weighted by atomic mass is 16.6. The molecule has 88 valence electrons. The quantitative estimate of drug-likeness (QED) is 0.731. The van der Waals surface area contributed by atoms with Crippen LogP contribution in [0.4, 0.5) is 0 Å². The van der Waals surface area contributed by atoms with E-state index in [1.165, 1.54) is 0 Å². The number of cyclic esters (lactones) is 1. The van der Waals surface area contributed by atoms with Crippen LogP contribution in [0.3, 0.4) is 0 Å². The summed E-state index contributed by atoms with van der Waals surface area (Å²) in [6, 6.07) is 7.30. The third-order valence-electron chi connectivity index (χ3n) is 2.69. The van der Waals surface area contributed by atoms with Crippen molar-refractivity contribution in [3.63, 3.8) is 0 Å². The molecule has 1 aromatic rings. The average Bonchev–Trinajstić information content (AvgIpc) is 2.30. The van der Waals surface area contributed by atoms with Gasteiger partial charge in [-0.1, -0.05) is 6.07 Å². The van der Waals surface area contributed by atoms with E-state index in [1.54, 1.807) is 19.1 Å². The number of nitrogens with zero attached hydrogens (tertiary/aromatic N) is 1. The normalized spacial score (nSPS) is 22.3. The minimum atomic E-state index is -1.06. The first kappa shape index (κ1) is 11.5. The van der Waals surface area contributed by atoms with Crippen molar-refractivity contribution in [1.29, 1.82) is 5.26 Å². The van der Waals surface area contributed by atoms with Crippen LogP contribution in [0, 0.1) is 11.3 Å². The van der Waals surface area contributed by atoms with E-state index in [9.17, 15) is 4.79 Å². The molecule has 2 rings (SSSR count). The number of rotatable bonds is 2. The zero-order valence-electron chi connectivity index (χ0n) is 9.82. The Morgan fingerprint density at radius 1 is 1.59 bits per heavy atom. The molecule has 0 aromatic heterocycles. The predicted molar refractivity (Wildman–Crippen MR) is 60.7 cm³/mol. The van der Waals surface area contributed by atoms with E-state index in [0.29, 0.717) is 24.3 Å². The highest BCUT2D eigenvalue weighted by molar-refractivity contribution is 5.93. The van der Waals surface area contributed by atoms with Gasteiger partial charge in [-0.2, -0.15) is 5.26 Å². The molecule has 0 bridgehead atoms. The van der Waals surface area contributed by atoms with Gasteiger partial charge >= 0.3 is 5.97 Å². The van der Waals surface area contributed by atoms with E-state index in [4.69, 9.17) is 14.7 Å². The molecule has 0 fully saturated rings. The van der Waals surface area contributed by atoms with Crippen molar-refractivity contribution in [3.05, 3.63) is 29.3 Å². The van der Waals surface area contributed by atoms with Gasteiger partial charge in [-0.15, -0.1) is 0 Å². The molecule has 1 aliphatic heterocycles. The fourth-order valence-corrected chi connectivity index (χ4v) is 1.88. The third kappa shape index (κ3) is 2.09. The summed E-state index contributed by atoms with van der Waals surface area (Å²) in [6.07, 6.45) is 0.414. The average molecular weight is 231 g/mol. The maximum Gasteiger partial charge on any atom is 0.340 e. The summed E-state index contributed by atoms with van der Waals surface area (Å²) in [4.78, 5) is 11.8. The number of fused-ring (bicyclic) bond motifs is 1. The lowest BCUT2D eigenvalue weighted by molar-refractivity contribution is 0.00844. The second kappa shape index (κ2) is 4.10. The molecular formula is C13H13NO3. The van der Waals surface area contributed by atoms with Gasteiger partial charge in [0.05, 0.1) is 12.2 Å². The van der Waals surface area contributed by atoms with Gasteiger partial charge in [-0.3, -0.25) is 0 Å². The Bertz CT molecular complexity index is 504. The lowest BCUT2D eigenvalue weighted by Crippen LogP contribution is -2.37. The molecule has 0 saturated heterocycles. The Morgan fingerprint density at radius 3 is 3.00 bits per heavy atom. The minimum Gasteiger partial charge on any atom is -0.494 e. The summed E-state index contributed by atoms with van der Waals surface area (Å²) in [6.45, 7) is 4.04. The van der Waals surface area contributed by atoms with Crippen molar-refractivity contribution in [2.75, 3.05) is 6.61 Å². The zero-order chi connectivity index (χ0) is 12.5. The lowest BCUT2D eigenvalue weighted by atomic mass is 9.91. The molecule has 4 heteroatoms. The van der Waals surface area contributed by atoms with Crippen LogP contribution in [0.25, 0.3) is 0 Å². The van der Waals surface area contributed by atoms with Gasteiger partial charge in [0.1, 0.15) is 11.8 Å². The van der Waals surface area contributed by atoms with Crippen LogP contribution in [0.1, 0.15) is 29.8 Å². The molecule has 0 radical (unpaired) electrons. The van der Waals surface area contributed by atoms with Crippen LogP contribution in [-0.2, 0) is 11.2 Å². The standard InChI is InChI=1S/C13H13NO3/c1-3-16-10-5-4-9-7-13(2,8-14)17-12(15)11(9)6-10/h4-6H,3,7H2,1-2H3. The van der Waals surface area contributed by atoms with E-state index < -0.39 is 11.6 Å². The highest BCUT2D eigenvalue weighted by Crippen LogP contribution is 2.30. The van der Waals surface area contributed by atoms with Gasteiger partial charge in [-0.25, -0.2) is 4.79 Å². The van der Waals surface area contributed by atoms with Gasteiger partial charge < -0.3 is 9.47 Å². The van der Waals surface area contributed by atoms with E-state index in [2.05, 4.69) is 0 Å². The molecule has 1 atom stereocenters. The molecule has 1 heterocycles. The number of ether oxygens (including phenoxy) is 2. The number of hydrogen-bond donors (Lipinski definition) is 0. The number of esters is 1. The number of nitriles is 1. The third-order valence-corrected chi connectivity index (χ3v) is 2.69. The molecule has 1 unspecified atom stereocenters. The summed E-state index contributed by atoms with van der Waals surface area (Å²) in [5.74, 6) is 0.181. The summed E-state index contributed by atoms with van der Waals surface area (Å²) in [5.41, 5.74) is 0.259. The van der Waals surface area contributed by atoms with E-state index >= 15 is 0 Å². The monoisotopic (exact) mass is 231 g/mol. The number of carbonyl (C=O) groups is 1. The van der Waals surface area contributed by atoms with E-state index in [1.807, 2.05) is 19.1 Å². The molecule has 1 aromatic carbocycles. The van der Waals surface area contributed by atoms with Crippen LogP contribution < -0.4 is 4.74 Å². The molecule has 0 spiro atoms. The first-order chi connectivity index (χ1) is 8.08. The van der Waals surface area contributed by atoms with Gasteiger partial charge in [0.25, 0.3) is 0 Å². The molecule has 0 saturated carbocycles. The molecule has 4 nitrogen and oxygen atoms in total. The smallest absolute Gasteiger partial charge is 0.340 e. The second-order valence-corrected chi connectivity index (χ2v) is 4.16. The Balaban J connectivity index is 2.39. The number of benzene rings is 1. The number of hydrogen-bond acceptors (Lipinski definition) is 4. The van der Waals surface area contributed by atoms with Gasteiger partial charge in [-0.05, 0) is 31.5 Å². The van der Waals surface area contributed by atoms with E-state index in [-0.39, 0.29) is 0 Å². The SMILES string of the molecule is CCOc1ccc2c(c1)C(=O)OC(C)(C#N)C2. The van der Waals surface area contributed by atoms with Crippen molar-refractivity contribution in [2.24, 2.45) is 0 Å². The molecule has 17 heavy (non-hydrogen) atoms. The molecule has 0 amide bonds. The lowest BCUT2D eigenvalue weighted by Gasteiger charge is -2.28. The van der Waals surface area contributed by atoms with Crippen LogP contribution in [0.15, 0.2) is 18.2 Å². The molecule has 0 aliphatic carbocycles. The van der Waals surface area contributed by atoms with Crippen molar-refractivity contribution < 1.29 is 14.3 Å². The Hall–Kier alpha value is -2.02. The summed E-state index contributed by atoms with van der Waals surface area (Å²) in [7, 11) is 0. The van der Waals surface area contributed by atoms with E-state index in [0.717, 1.165) is 5.56 Å². The Morgan fingerprint density at radius 2 is 2.35 bits per heavy atom. The zero-order valence-corrected chi connectivity index (χ0v) is 9.82. The first-order valence-electron chi connectivity index (χ1n) is 5.48. The van der Waals surface area contributed by atoms with Crippen molar-refractivity contribution in [1.82, 2.24) is 0 Å². The van der Waals surface area contributed by atoms with Crippen LogP contribution >= 0.6 is 0 Å². The number of carbonyl (C=O) groups excluding carboxylic acids is 1. The minimum absolute atomic E-state index is 0.414. The van der Waals surface area contributed by atoms with Crippen LogP contribution in [-0.4, -0.2) is 18.2 Å². The maximum absolute atomic E-state index is 11.8. The van der Waals surface area contributed by atoms with Crippen LogP contribution in [0.5, 0.6) is 5.75 Å². The fourth-order valence-electron chi connectivity index (χ4n) is 1.88. The first-order valence-corrected chi connectivity index (χ1v) is 5.48. The predicted octanol–water partition coefficient (Wildman–Crippen LogP) is 2.08. The maximum atomic E-state index is 11.8. The summed E-state index contributed by atoms with van der Waals surface area (Å²) in [5, 5.41) is 8.98. The van der Waals surface area contributed by atoms with Crippen LogP contribution in [0.2, 0.25) is 0 Å². The Kier molecular flexibility index (Phi) is 2.76. The van der Waals surface area contributed by atoms with Crippen molar-refractivity contribution in [2.45, 2.75) is 25.9 Å². The largest absolute Gasteiger partial charge is 0.494 e. The van der Waals surface area contributed by atoms with Gasteiger partial charge in [0.2, 0.25) is 0 Å². The highest BCUT2D eigenvalue weighted by Gasteiger charge is 2.36. The van der Waals surface area contributed by atoms with Gasteiger partial charge in [0, 0.05) is 6.42 Å². The Labute approximate surface area is 99.8 Å². The molecule has 1 aliphatic rings. The van der Waals surface area contributed by atoms with Crippen molar-refractivity contribution >= 4 is 5.97 Å². The fraction of sp³-hybridized carbons (Fsp3) is 0.385.